The summed E-state index contributed by atoms with van der Waals surface area (Å²) in [5, 5.41) is 2.70. The lowest BCUT2D eigenvalue weighted by Gasteiger charge is -2.02. The summed E-state index contributed by atoms with van der Waals surface area (Å²) in [4.78, 5) is 22.1. The fraction of sp³-hybridized carbons (Fsp3) is 0.857. The average Bonchev–Trinajstić information content (AvgIpc) is 2.29. The second-order valence-corrected chi connectivity index (χ2v) is 4.64. The average molecular weight is 241 g/mol. The minimum Gasteiger partial charge on any atom is -0.356 e. The van der Waals surface area contributed by atoms with Crippen molar-refractivity contribution in [3.63, 3.8) is 0 Å². The Morgan fingerprint density at radius 3 is 2.12 bits per heavy atom. The first-order valence-electron chi connectivity index (χ1n) is 6.93. The van der Waals surface area contributed by atoms with E-state index in [4.69, 9.17) is 0 Å². The van der Waals surface area contributed by atoms with E-state index in [1.807, 2.05) is 0 Å². The normalized spacial score (nSPS) is 10.2. The Labute approximate surface area is 105 Å². The summed E-state index contributed by atoms with van der Waals surface area (Å²) in [6.07, 6.45) is 9.43. The van der Waals surface area contributed by atoms with Gasteiger partial charge in [-0.15, -0.1) is 0 Å². The number of nitrogens with one attached hydrogen (secondary N) is 1. The quantitative estimate of drug-likeness (QED) is 0.564. The number of hydrogen-bond acceptors (Lipinski definition) is 2. The summed E-state index contributed by atoms with van der Waals surface area (Å²) in [5.74, 6) is 0.319. The molecule has 0 saturated carbocycles. The summed E-state index contributed by atoms with van der Waals surface area (Å²) in [5.41, 5.74) is 0. The molecule has 0 aliphatic heterocycles. The maximum absolute atomic E-state index is 11.5. The minimum absolute atomic E-state index is 0.0200. The van der Waals surface area contributed by atoms with Crippen molar-refractivity contribution >= 4 is 11.7 Å². The summed E-state index contributed by atoms with van der Waals surface area (Å²) in [7, 11) is 0. The van der Waals surface area contributed by atoms with E-state index in [-0.39, 0.29) is 5.91 Å². The number of unbranched alkanes of at least 4 members (excludes halogenated alkanes) is 5. The van der Waals surface area contributed by atoms with Crippen molar-refractivity contribution in [2.24, 2.45) is 0 Å². The summed E-state index contributed by atoms with van der Waals surface area (Å²) >= 11 is 0. The Morgan fingerprint density at radius 2 is 1.47 bits per heavy atom. The fourth-order valence-electron chi connectivity index (χ4n) is 1.78. The van der Waals surface area contributed by atoms with Crippen LogP contribution in [0.15, 0.2) is 0 Å². The highest BCUT2D eigenvalue weighted by atomic mass is 16.1. The summed E-state index contributed by atoms with van der Waals surface area (Å²) < 4.78 is 0. The van der Waals surface area contributed by atoms with Crippen molar-refractivity contribution < 1.29 is 9.59 Å². The van der Waals surface area contributed by atoms with Gasteiger partial charge in [-0.3, -0.25) is 9.59 Å². The first-order valence-corrected chi connectivity index (χ1v) is 6.93. The monoisotopic (exact) mass is 241 g/mol. The third-order valence-electron chi connectivity index (χ3n) is 2.82. The van der Waals surface area contributed by atoms with Crippen molar-refractivity contribution in [1.82, 2.24) is 5.32 Å². The smallest absolute Gasteiger partial charge is 0.216 e. The zero-order valence-corrected chi connectivity index (χ0v) is 11.4. The van der Waals surface area contributed by atoms with Crippen molar-refractivity contribution in [1.29, 1.82) is 0 Å². The van der Waals surface area contributed by atoms with E-state index in [1.54, 1.807) is 0 Å². The van der Waals surface area contributed by atoms with Crippen LogP contribution >= 0.6 is 0 Å². The number of amides is 1. The molecular weight excluding hydrogens is 214 g/mol. The van der Waals surface area contributed by atoms with Crippen LogP contribution in [0, 0.1) is 0 Å². The lowest BCUT2D eigenvalue weighted by atomic mass is 10.1. The maximum Gasteiger partial charge on any atom is 0.216 e. The van der Waals surface area contributed by atoms with Crippen LogP contribution in [0.2, 0.25) is 0 Å². The van der Waals surface area contributed by atoms with Crippen LogP contribution in [0.25, 0.3) is 0 Å². The Morgan fingerprint density at radius 1 is 0.882 bits per heavy atom. The van der Waals surface area contributed by atoms with Crippen LogP contribution in [0.5, 0.6) is 0 Å². The van der Waals surface area contributed by atoms with Crippen LogP contribution in [0.3, 0.4) is 0 Å². The number of rotatable bonds is 11. The molecule has 0 aliphatic carbocycles. The van der Waals surface area contributed by atoms with Gasteiger partial charge in [0.2, 0.25) is 5.91 Å². The predicted octanol–water partition coefficient (Wildman–Crippen LogP) is 3.22. The molecule has 0 saturated heterocycles. The van der Waals surface area contributed by atoms with Gasteiger partial charge in [0.05, 0.1) is 0 Å². The van der Waals surface area contributed by atoms with E-state index in [2.05, 4.69) is 12.2 Å². The molecule has 100 valence electrons. The van der Waals surface area contributed by atoms with Crippen molar-refractivity contribution in [2.45, 2.75) is 71.6 Å². The van der Waals surface area contributed by atoms with Gasteiger partial charge in [0, 0.05) is 26.3 Å². The molecule has 17 heavy (non-hydrogen) atoms. The van der Waals surface area contributed by atoms with Crippen molar-refractivity contribution in [3.05, 3.63) is 0 Å². The molecule has 0 spiro atoms. The van der Waals surface area contributed by atoms with Crippen LogP contribution < -0.4 is 5.32 Å². The van der Waals surface area contributed by atoms with Gasteiger partial charge in [0.25, 0.3) is 0 Å². The van der Waals surface area contributed by atoms with Crippen LogP contribution in [-0.4, -0.2) is 18.2 Å². The molecule has 3 heteroatoms. The number of carbonyl (C=O) groups is 2. The van der Waals surface area contributed by atoms with E-state index in [1.165, 1.54) is 39.0 Å². The Balaban J connectivity index is 3.20. The van der Waals surface area contributed by atoms with Gasteiger partial charge >= 0.3 is 0 Å². The van der Waals surface area contributed by atoms with E-state index < -0.39 is 0 Å². The Kier molecular flexibility index (Phi) is 11.0. The lowest BCUT2D eigenvalue weighted by Crippen LogP contribution is -2.21. The van der Waals surface area contributed by atoms with Crippen LogP contribution in [0.1, 0.15) is 71.6 Å². The topological polar surface area (TPSA) is 46.2 Å². The van der Waals surface area contributed by atoms with Gasteiger partial charge in [-0.25, -0.2) is 0 Å². The second-order valence-electron chi connectivity index (χ2n) is 4.64. The molecule has 0 atom stereocenters. The Hall–Kier alpha value is -0.860. The number of carbonyl (C=O) groups excluding carboxylic acids is 2. The Bertz CT molecular complexity index is 214. The highest BCUT2D eigenvalue weighted by molar-refractivity contribution is 5.78. The predicted molar refractivity (Wildman–Crippen MR) is 70.9 cm³/mol. The second kappa shape index (κ2) is 11.6. The van der Waals surface area contributed by atoms with Gasteiger partial charge in [0.15, 0.2) is 0 Å². The molecule has 0 radical (unpaired) electrons. The zero-order valence-electron chi connectivity index (χ0n) is 11.4. The van der Waals surface area contributed by atoms with Gasteiger partial charge in [-0.2, -0.15) is 0 Å². The molecule has 0 fully saturated rings. The molecular formula is C14H27NO2. The number of hydrogen-bond donors (Lipinski definition) is 1. The van der Waals surface area contributed by atoms with Gasteiger partial charge in [0.1, 0.15) is 5.78 Å². The summed E-state index contributed by atoms with van der Waals surface area (Å²) in [6.45, 7) is 4.33. The minimum atomic E-state index is -0.0200. The SMILES string of the molecule is CCCCCCCCC(=O)CCCNC(C)=O. The highest BCUT2D eigenvalue weighted by Crippen LogP contribution is 2.08. The molecule has 0 aliphatic rings. The third-order valence-corrected chi connectivity index (χ3v) is 2.82. The van der Waals surface area contributed by atoms with Gasteiger partial charge in [-0.05, 0) is 12.8 Å². The zero-order chi connectivity index (χ0) is 12.9. The molecule has 0 unspecified atom stereocenters. The standard InChI is InChI=1S/C14H27NO2/c1-3-4-5-6-7-8-10-14(17)11-9-12-15-13(2)16/h3-12H2,1-2H3,(H,15,16). The fourth-order valence-corrected chi connectivity index (χ4v) is 1.78. The van der Waals surface area contributed by atoms with Gasteiger partial charge in [-0.1, -0.05) is 39.0 Å². The third kappa shape index (κ3) is 13.1. The van der Waals surface area contributed by atoms with E-state index >= 15 is 0 Å². The van der Waals surface area contributed by atoms with Crippen LogP contribution in [-0.2, 0) is 9.59 Å². The van der Waals surface area contributed by atoms with Crippen molar-refractivity contribution in [3.8, 4) is 0 Å². The number of Topliss-reactive ketones (excluding diaryl/α,β-unsaturated/α-hetero) is 1. The van der Waals surface area contributed by atoms with Crippen LogP contribution in [0.4, 0.5) is 0 Å². The largest absolute Gasteiger partial charge is 0.356 e. The van der Waals surface area contributed by atoms with E-state index in [0.717, 1.165) is 12.8 Å². The molecule has 3 nitrogen and oxygen atoms in total. The molecule has 0 aromatic heterocycles. The van der Waals surface area contributed by atoms with Crippen molar-refractivity contribution in [2.75, 3.05) is 6.54 Å². The maximum atomic E-state index is 11.5. The molecule has 0 rings (SSSR count). The first kappa shape index (κ1) is 16.1. The van der Waals surface area contributed by atoms with Gasteiger partial charge < -0.3 is 5.32 Å². The molecule has 1 N–H and O–H groups in total. The molecule has 1 amide bonds. The molecule has 0 bridgehead atoms. The highest BCUT2D eigenvalue weighted by Gasteiger charge is 2.01. The van der Waals surface area contributed by atoms with E-state index in [9.17, 15) is 9.59 Å². The summed E-state index contributed by atoms with van der Waals surface area (Å²) in [6, 6.07) is 0. The molecule has 0 heterocycles. The molecule has 0 aromatic carbocycles. The number of ketones is 1. The lowest BCUT2D eigenvalue weighted by molar-refractivity contribution is -0.120. The first-order chi connectivity index (χ1) is 8.16. The molecule has 0 aromatic rings. The van der Waals surface area contributed by atoms with E-state index in [0.29, 0.717) is 25.2 Å².